The summed E-state index contributed by atoms with van der Waals surface area (Å²) in [5.41, 5.74) is 2.62. The lowest BCUT2D eigenvalue weighted by molar-refractivity contribution is -0.115. The molecule has 1 amide bonds. The van der Waals surface area contributed by atoms with Crippen LogP contribution in [0.2, 0.25) is 5.15 Å². The molecule has 0 spiro atoms. The summed E-state index contributed by atoms with van der Waals surface area (Å²) in [6.45, 7) is 2.00. The number of thioether (sulfide) groups is 1. The Labute approximate surface area is 151 Å². The fourth-order valence-corrected chi connectivity index (χ4v) is 4.14. The van der Waals surface area contributed by atoms with Crippen molar-refractivity contribution >= 4 is 62.5 Å². The van der Waals surface area contributed by atoms with Gasteiger partial charge in [-0.25, -0.2) is 9.98 Å². The number of hydrogen-bond acceptors (Lipinski definition) is 5. The highest BCUT2D eigenvalue weighted by molar-refractivity contribution is 8.18. The third-order valence-corrected chi connectivity index (χ3v) is 5.35. The Morgan fingerprint density at radius 1 is 1.42 bits per heavy atom. The molecule has 1 aromatic carbocycles. The van der Waals surface area contributed by atoms with Crippen LogP contribution >= 0.6 is 34.7 Å². The highest BCUT2D eigenvalue weighted by Gasteiger charge is 2.25. The maximum Gasteiger partial charge on any atom is 0.264 e. The van der Waals surface area contributed by atoms with Crippen molar-refractivity contribution in [2.45, 2.75) is 6.92 Å². The number of halogens is 1. The summed E-state index contributed by atoms with van der Waals surface area (Å²) in [6, 6.07) is 7.80. The minimum absolute atomic E-state index is 0.187. The standard InChI is InChI=1S/C16H11ClN4OS2/c1-9-3-2-4-10(7-9)18-15-20-14(22)12(24-15)8-11-13(17)19-16-21(11)5-6-23-16/h2-8H,1H3,(H,18,20,22)/b12-8+. The predicted octanol–water partition coefficient (Wildman–Crippen LogP) is 4.25. The van der Waals surface area contributed by atoms with Crippen LogP contribution in [-0.2, 0) is 4.79 Å². The molecule has 5 nitrogen and oxygen atoms in total. The molecule has 1 N–H and O–H groups in total. The third kappa shape index (κ3) is 2.86. The van der Waals surface area contributed by atoms with E-state index in [9.17, 15) is 4.79 Å². The van der Waals surface area contributed by atoms with E-state index in [2.05, 4.69) is 15.3 Å². The number of aliphatic imine (C=N–C) groups is 1. The zero-order chi connectivity index (χ0) is 16.7. The van der Waals surface area contributed by atoms with Crippen molar-refractivity contribution in [2.24, 2.45) is 4.99 Å². The first-order valence-electron chi connectivity index (χ1n) is 7.07. The zero-order valence-electron chi connectivity index (χ0n) is 12.5. The molecule has 1 aliphatic heterocycles. The normalized spacial score (nSPS) is 18.0. The van der Waals surface area contributed by atoms with Crippen LogP contribution in [0.25, 0.3) is 11.0 Å². The van der Waals surface area contributed by atoms with Crippen molar-refractivity contribution < 1.29 is 4.79 Å². The molecule has 0 atom stereocenters. The maximum absolute atomic E-state index is 12.2. The summed E-state index contributed by atoms with van der Waals surface area (Å²) < 4.78 is 1.86. The Balaban J connectivity index is 1.67. The Morgan fingerprint density at radius 2 is 2.29 bits per heavy atom. The number of fused-ring (bicyclic) bond motifs is 1. The molecule has 2 aromatic heterocycles. The topological polar surface area (TPSA) is 58.8 Å². The number of amides is 1. The van der Waals surface area contributed by atoms with Gasteiger partial charge in [-0.15, -0.1) is 11.3 Å². The molecular weight excluding hydrogens is 364 g/mol. The minimum Gasteiger partial charge on any atom is -0.300 e. The first-order valence-corrected chi connectivity index (χ1v) is 9.15. The zero-order valence-corrected chi connectivity index (χ0v) is 14.9. The molecule has 1 fully saturated rings. The van der Waals surface area contributed by atoms with Crippen LogP contribution in [0, 0.1) is 6.92 Å². The monoisotopic (exact) mass is 374 g/mol. The molecule has 3 heterocycles. The second kappa shape index (κ2) is 6.08. The van der Waals surface area contributed by atoms with Crippen LogP contribution in [0.5, 0.6) is 0 Å². The summed E-state index contributed by atoms with van der Waals surface area (Å²) >= 11 is 8.96. The fourth-order valence-electron chi connectivity index (χ4n) is 2.33. The van der Waals surface area contributed by atoms with Crippen molar-refractivity contribution in [2.75, 3.05) is 0 Å². The van der Waals surface area contributed by atoms with E-state index in [1.807, 2.05) is 47.2 Å². The van der Waals surface area contributed by atoms with E-state index in [4.69, 9.17) is 11.6 Å². The van der Waals surface area contributed by atoms with Gasteiger partial charge in [-0.2, -0.15) is 0 Å². The van der Waals surface area contributed by atoms with E-state index in [1.165, 1.54) is 23.1 Å². The van der Waals surface area contributed by atoms with Crippen LogP contribution in [-0.4, -0.2) is 20.5 Å². The minimum atomic E-state index is -0.187. The van der Waals surface area contributed by atoms with Gasteiger partial charge in [-0.3, -0.25) is 9.20 Å². The number of carbonyl (C=O) groups is 1. The van der Waals surface area contributed by atoms with Crippen molar-refractivity contribution in [1.82, 2.24) is 14.7 Å². The molecule has 120 valence electrons. The van der Waals surface area contributed by atoms with E-state index in [0.717, 1.165) is 16.2 Å². The van der Waals surface area contributed by atoms with Gasteiger partial charge in [-0.1, -0.05) is 23.7 Å². The molecule has 3 aromatic rings. The molecule has 0 radical (unpaired) electrons. The quantitative estimate of drug-likeness (QED) is 0.682. The molecule has 24 heavy (non-hydrogen) atoms. The van der Waals surface area contributed by atoms with Gasteiger partial charge in [-0.05, 0) is 42.5 Å². The molecule has 0 saturated carbocycles. The average molecular weight is 375 g/mol. The Bertz CT molecular complexity index is 1020. The predicted molar refractivity (Wildman–Crippen MR) is 100 cm³/mol. The number of thiazole rings is 1. The highest BCUT2D eigenvalue weighted by atomic mass is 35.5. The van der Waals surface area contributed by atoms with Crippen LogP contribution in [0.4, 0.5) is 5.69 Å². The molecule has 1 saturated heterocycles. The van der Waals surface area contributed by atoms with Gasteiger partial charge in [0.05, 0.1) is 16.3 Å². The molecule has 8 heteroatoms. The molecular formula is C16H11ClN4OS2. The summed E-state index contributed by atoms with van der Waals surface area (Å²) in [7, 11) is 0. The molecule has 0 unspecified atom stereocenters. The van der Waals surface area contributed by atoms with Crippen LogP contribution in [0.15, 0.2) is 45.7 Å². The number of imidazole rings is 1. The number of rotatable bonds is 2. The molecule has 0 aliphatic carbocycles. The Kier molecular flexibility index (Phi) is 3.91. The van der Waals surface area contributed by atoms with Gasteiger partial charge in [0.15, 0.2) is 15.3 Å². The van der Waals surface area contributed by atoms with Gasteiger partial charge in [0, 0.05) is 11.6 Å². The second-order valence-electron chi connectivity index (χ2n) is 5.16. The van der Waals surface area contributed by atoms with E-state index >= 15 is 0 Å². The van der Waals surface area contributed by atoms with E-state index in [0.29, 0.717) is 20.9 Å². The van der Waals surface area contributed by atoms with Crippen LogP contribution in [0.1, 0.15) is 11.3 Å². The summed E-state index contributed by atoms with van der Waals surface area (Å²) in [4.78, 5) is 22.3. The highest BCUT2D eigenvalue weighted by Crippen LogP contribution is 2.31. The number of nitrogens with one attached hydrogen (secondary N) is 1. The van der Waals surface area contributed by atoms with Crippen molar-refractivity contribution in [3.05, 3.63) is 57.2 Å². The fraction of sp³-hybridized carbons (Fsp3) is 0.0625. The summed E-state index contributed by atoms with van der Waals surface area (Å²) in [5, 5.41) is 5.64. The van der Waals surface area contributed by atoms with E-state index < -0.39 is 0 Å². The lowest BCUT2D eigenvalue weighted by Gasteiger charge is -1.97. The van der Waals surface area contributed by atoms with Gasteiger partial charge in [0.25, 0.3) is 5.91 Å². The van der Waals surface area contributed by atoms with Crippen molar-refractivity contribution in [3.8, 4) is 0 Å². The molecule has 4 rings (SSSR count). The second-order valence-corrected chi connectivity index (χ2v) is 7.43. The van der Waals surface area contributed by atoms with Crippen molar-refractivity contribution in [1.29, 1.82) is 0 Å². The van der Waals surface area contributed by atoms with E-state index in [-0.39, 0.29) is 5.91 Å². The lowest BCUT2D eigenvalue weighted by Crippen LogP contribution is -2.19. The number of aryl methyl sites for hydroxylation is 1. The SMILES string of the molecule is Cc1cccc(N=C2NC(=O)/C(=C\c3c(Cl)nc4sccn34)S2)c1. The maximum atomic E-state index is 12.2. The third-order valence-electron chi connectivity index (χ3n) is 3.41. The van der Waals surface area contributed by atoms with E-state index in [1.54, 1.807) is 6.08 Å². The first-order chi connectivity index (χ1) is 11.6. The average Bonchev–Trinajstić information content (AvgIpc) is 3.18. The number of aromatic nitrogens is 2. The number of benzene rings is 1. The largest absolute Gasteiger partial charge is 0.300 e. The molecule has 0 bridgehead atoms. The summed E-state index contributed by atoms with van der Waals surface area (Å²) in [6.07, 6.45) is 3.62. The number of nitrogens with zero attached hydrogens (tertiary/aromatic N) is 3. The van der Waals surface area contributed by atoms with Gasteiger partial charge in [0.1, 0.15) is 0 Å². The lowest BCUT2D eigenvalue weighted by atomic mass is 10.2. The molecule has 1 aliphatic rings. The van der Waals surface area contributed by atoms with Crippen LogP contribution in [0.3, 0.4) is 0 Å². The smallest absolute Gasteiger partial charge is 0.264 e. The Morgan fingerprint density at radius 3 is 3.12 bits per heavy atom. The Hall–Kier alpha value is -2.09. The van der Waals surface area contributed by atoms with Gasteiger partial charge < -0.3 is 5.32 Å². The summed E-state index contributed by atoms with van der Waals surface area (Å²) in [5.74, 6) is -0.187. The van der Waals surface area contributed by atoms with Gasteiger partial charge >= 0.3 is 0 Å². The number of carbonyl (C=O) groups excluding carboxylic acids is 1. The van der Waals surface area contributed by atoms with Gasteiger partial charge in [0.2, 0.25) is 0 Å². The number of hydrogen-bond donors (Lipinski definition) is 1. The van der Waals surface area contributed by atoms with Crippen LogP contribution < -0.4 is 5.32 Å². The first kappa shape index (κ1) is 15.4. The van der Waals surface area contributed by atoms with Crippen molar-refractivity contribution in [3.63, 3.8) is 0 Å². The number of amidine groups is 1.